The van der Waals surface area contributed by atoms with Crippen LogP contribution in [0, 0.1) is 23.7 Å². The Balaban J connectivity index is 0.00000169. The smallest absolute Gasteiger partial charge is 0.0411 e. The van der Waals surface area contributed by atoms with E-state index in [2.05, 4.69) is 27.7 Å². The van der Waals surface area contributed by atoms with Gasteiger partial charge in [0.2, 0.25) is 0 Å². The maximum atomic E-state index is 2.42. The highest BCUT2D eigenvalue weighted by Gasteiger charge is 2.20. The van der Waals surface area contributed by atoms with Gasteiger partial charge in [-0.3, -0.25) is 0 Å². The molecule has 1 saturated carbocycles. The summed E-state index contributed by atoms with van der Waals surface area (Å²) in [5.74, 6) is 3.86. The molecule has 0 aliphatic heterocycles. The van der Waals surface area contributed by atoms with E-state index in [9.17, 15) is 0 Å². The molecular formula is C13H28O. The molecular weight excluding hydrogens is 172 g/mol. The predicted octanol–water partition coefficient (Wildman–Crippen LogP) is 3.67. The van der Waals surface area contributed by atoms with Crippen molar-refractivity contribution in [2.45, 2.75) is 59.8 Å². The van der Waals surface area contributed by atoms with Gasteiger partial charge in [0.15, 0.2) is 0 Å². The Hall–Kier alpha value is -0.0400. The highest BCUT2D eigenvalue weighted by atomic mass is 16.0. The van der Waals surface area contributed by atoms with Crippen LogP contribution in [0.4, 0.5) is 0 Å². The Morgan fingerprint density at radius 3 is 1.93 bits per heavy atom. The molecule has 0 saturated heterocycles. The van der Waals surface area contributed by atoms with E-state index < -0.39 is 0 Å². The quantitative estimate of drug-likeness (QED) is 0.666. The van der Waals surface area contributed by atoms with Crippen molar-refractivity contribution in [2.75, 3.05) is 0 Å². The van der Waals surface area contributed by atoms with E-state index in [1.54, 1.807) is 0 Å². The van der Waals surface area contributed by atoms with Crippen LogP contribution < -0.4 is 0 Å². The third-order valence-electron chi connectivity index (χ3n) is 3.98. The monoisotopic (exact) mass is 200 g/mol. The summed E-state index contributed by atoms with van der Waals surface area (Å²) in [6.07, 6.45) is 7.44. The zero-order chi connectivity index (χ0) is 9.84. The third kappa shape index (κ3) is 4.45. The summed E-state index contributed by atoms with van der Waals surface area (Å²) >= 11 is 0. The molecule has 14 heavy (non-hydrogen) atoms. The van der Waals surface area contributed by atoms with Crippen LogP contribution in [0.5, 0.6) is 0 Å². The molecule has 86 valence electrons. The van der Waals surface area contributed by atoms with Crippen LogP contribution in [0.1, 0.15) is 59.8 Å². The summed E-state index contributed by atoms with van der Waals surface area (Å²) in [5.41, 5.74) is 0. The van der Waals surface area contributed by atoms with Gasteiger partial charge in [-0.1, -0.05) is 53.4 Å². The fourth-order valence-corrected chi connectivity index (χ4v) is 2.36. The van der Waals surface area contributed by atoms with E-state index in [0.29, 0.717) is 0 Å². The third-order valence-corrected chi connectivity index (χ3v) is 3.98. The molecule has 0 aromatic rings. The molecule has 0 bridgehead atoms. The molecule has 0 spiro atoms. The van der Waals surface area contributed by atoms with E-state index in [1.165, 1.54) is 32.1 Å². The standard InChI is InChI=1S/C13H26.H2O/c1-10(2)12(4)9-13-7-5-11(3)6-8-13;/h10-13H,5-9H2,1-4H3;1H2/t11?,12-,13?;/m0./s1. The molecule has 1 aliphatic carbocycles. The summed E-state index contributed by atoms with van der Waals surface area (Å²) in [6, 6.07) is 0. The Labute approximate surface area is 89.6 Å². The van der Waals surface area contributed by atoms with Gasteiger partial charge < -0.3 is 5.48 Å². The van der Waals surface area contributed by atoms with Gasteiger partial charge >= 0.3 is 0 Å². The van der Waals surface area contributed by atoms with E-state index in [-0.39, 0.29) is 5.48 Å². The summed E-state index contributed by atoms with van der Waals surface area (Å²) < 4.78 is 0. The minimum atomic E-state index is 0. The zero-order valence-electron chi connectivity index (χ0n) is 10.3. The molecule has 0 heterocycles. The maximum Gasteiger partial charge on any atom is -0.0411 e. The minimum Gasteiger partial charge on any atom is -0.412 e. The van der Waals surface area contributed by atoms with Crippen molar-refractivity contribution in [3.8, 4) is 0 Å². The van der Waals surface area contributed by atoms with Gasteiger partial charge in [-0.15, -0.1) is 0 Å². The van der Waals surface area contributed by atoms with Crippen LogP contribution in [0.15, 0.2) is 0 Å². The van der Waals surface area contributed by atoms with Crippen molar-refractivity contribution >= 4 is 0 Å². The van der Waals surface area contributed by atoms with Crippen LogP contribution in [-0.4, -0.2) is 5.48 Å². The average Bonchev–Trinajstić information content (AvgIpc) is 2.08. The van der Waals surface area contributed by atoms with Crippen molar-refractivity contribution in [2.24, 2.45) is 23.7 Å². The van der Waals surface area contributed by atoms with Gasteiger partial charge in [0.05, 0.1) is 0 Å². The molecule has 0 amide bonds. The summed E-state index contributed by atoms with van der Waals surface area (Å²) in [4.78, 5) is 0. The number of rotatable bonds is 3. The summed E-state index contributed by atoms with van der Waals surface area (Å²) in [6.45, 7) is 9.54. The number of hydrogen-bond acceptors (Lipinski definition) is 0. The average molecular weight is 200 g/mol. The summed E-state index contributed by atoms with van der Waals surface area (Å²) in [5, 5.41) is 0. The molecule has 0 radical (unpaired) electrons. The molecule has 1 atom stereocenters. The minimum absolute atomic E-state index is 0. The van der Waals surface area contributed by atoms with Crippen LogP contribution in [0.2, 0.25) is 0 Å². The lowest BCUT2D eigenvalue weighted by Gasteiger charge is -2.29. The van der Waals surface area contributed by atoms with Crippen LogP contribution in [-0.2, 0) is 0 Å². The normalized spacial score (nSPS) is 29.8. The van der Waals surface area contributed by atoms with E-state index in [4.69, 9.17) is 0 Å². The van der Waals surface area contributed by atoms with Crippen molar-refractivity contribution in [3.63, 3.8) is 0 Å². The molecule has 1 nitrogen and oxygen atoms in total. The molecule has 1 fully saturated rings. The Morgan fingerprint density at radius 1 is 1.00 bits per heavy atom. The van der Waals surface area contributed by atoms with Crippen molar-refractivity contribution in [1.29, 1.82) is 0 Å². The van der Waals surface area contributed by atoms with Gasteiger partial charge in [-0.25, -0.2) is 0 Å². The maximum absolute atomic E-state index is 2.42. The first-order chi connectivity index (χ1) is 6.09. The second-order valence-electron chi connectivity index (χ2n) is 5.58. The van der Waals surface area contributed by atoms with Crippen molar-refractivity contribution in [3.05, 3.63) is 0 Å². The van der Waals surface area contributed by atoms with Gasteiger partial charge in [0.1, 0.15) is 0 Å². The largest absolute Gasteiger partial charge is 0.412 e. The highest BCUT2D eigenvalue weighted by Crippen LogP contribution is 2.33. The molecule has 1 aliphatic rings. The lowest BCUT2D eigenvalue weighted by molar-refractivity contribution is 0.229. The molecule has 1 rings (SSSR count). The first kappa shape index (κ1) is 14.0. The van der Waals surface area contributed by atoms with Crippen molar-refractivity contribution < 1.29 is 5.48 Å². The molecule has 0 unspecified atom stereocenters. The fourth-order valence-electron chi connectivity index (χ4n) is 2.36. The fraction of sp³-hybridized carbons (Fsp3) is 1.00. The first-order valence-electron chi connectivity index (χ1n) is 6.09. The zero-order valence-corrected chi connectivity index (χ0v) is 10.3. The molecule has 0 aromatic carbocycles. The molecule has 2 N–H and O–H groups in total. The molecule has 1 heteroatoms. The van der Waals surface area contributed by atoms with E-state index in [1.807, 2.05) is 0 Å². The lowest BCUT2D eigenvalue weighted by Crippen LogP contribution is -2.17. The highest BCUT2D eigenvalue weighted by molar-refractivity contribution is 4.72. The SMILES string of the molecule is CC1CCC(C[C@H](C)C(C)C)CC1.O. The van der Waals surface area contributed by atoms with Gasteiger partial charge in [-0.2, -0.15) is 0 Å². The van der Waals surface area contributed by atoms with Crippen LogP contribution in [0.3, 0.4) is 0 Å². The first-order valence-corrected chi connectivity index (χ1v) is 6.09. The van der Waals surface area contributed by atoms with Crippen LogP contribution >= 0.6 is 0 Å². The predicted molar refractivity (Wildman–Crippen MR) is 63.4 cm³/mol. The topological polar surface area (TPSA) is 31.5 Å². The molecule has 0 aromatic heterocycles. The second kappa shape index (κ2) is 6.44. The van der Waals surface area contributed by atoms with Gasteiger partial charge in [-0.05, 0) is 30.1 Å². The number of hydrogen-bond donors (Lipinski definition) is 0. The van der Waals surface area contributed by atoms with Crippen molar-refractivity contribution in [1.82, 2.24) is 0 Å². The van der Waals surface area contributed by atoms with Crippen LogP contribution in [0.25, 0.3) is 0 Å². The van der Waals surface area contributed by atoms with E-state index >= 15 is 0 Å². The summed E-state index contributed by atoms with van der Waals surface area (Å²) in [7, 11) is 0. The Morgan fingerprint density at radius 2 is 1.50 bits per heavy atom. The Bertz CT molecular complexity index is 134. The Kier molecular flexibility index (Phi) is 6.43. The second-order valence-corrected chi connectivity index (χ2v) is 5.58. The van der Waals surface area contributed by atoms with Gasteiger partial charge in [0.25, 0.3) is 0 Å². The van der Waals surface area contributed by atoms with Gasteiger partial charge in [0, 0.05) is 0 Å². The lowest BCUT2D eigenvalue weighted by atomic mass is 9.77. The van der Waals surface area contributed by atoms with E-state index in [0.717, 1.165) is 23.7 Å².